The first-order valence-electron chi connectivity index (χ1n) is 5.35. The van der Waals surface area contributed by atoms with Crippen LogP contribution in [0.15, 0.2) is 5.16 Å². The summed E-state index contributed by atoms with van der Waals surface area (Å²) >= 11 is 0. The summed E-state index contributed by atoms with van der Waals surface area (Å²) in [5, 5.41) is 4.24. The first kappa shape index (κ1) is 9.04. The molecule has 1 aliphatic heterocycles. The van der Waals surface area contributed by atoms with Crippen LogP contribution in [0.3, 0.4) is 0 Å². The number of rotatable bonds is 1. The molecule has 2 rings (SSSR count). The first-order valence-corrected chi connectivity index (χ1v) is 5.35. The fraction of sp³-hybridized carbons (Fsp3) is 0.909. The molecule has 0 aromatic carbocycles. The van der Waals surface area contributed by atoms with Crippen LogP contribution >= 0.6 is 0 Å². The SMILES string of the molecule is CC(C)C1=NOC2C(C)CC(C)C12. The van der Waals surface area contributed by atoms with Crippen molar-refractivity contribution in [1.29, 1.82) is 0 Å². The number of fused-ring (bicyclic) bond motifs is 1. The van der Waals surface area contributed by atoms with Crippen LogP contribution in [-0.4, -0.2) is 11.8 Å². The largest absolute Gasteiger partial charge is 0.392 e. The van der Waals surface area contributed by atoms with Crippen LogP contribution in [0.25, 0.3) is 0 Å². The van der Waals surface area contributed by atoms with Crippen molar-refractivity contribution in [3.8, 4) is 0 Å². The van der Waals surface area contributed by atoms with Gasteiger partial charge in [0, 0.05) is 5.92 Å². The summed E-state index contributed by atoms with van der Waals surface area (Å²) < 4.78 is 0. The standard InChI is InChI=1S/C11H19NO/c1-6(2)10-9-7(3)5-8(4)11(9)13-12-10/h6-9,11H,5H2,1-4H3. The van der Waals surface area contributed by atoms with Gasteiger partial charge in [-0.25, -0.2) is 0 Å². The molecule has 4 atom stereocenters. The minimum absolute atomic E-state index is 0.382. The van der Waals surface area contributed by atoms with Gasteiger partial charge in [0.2, 0.25) is 0 Å². The maximum Gasteiger partial charge on any atom is 0.138 e. The summed E-state index contributed by atoms with van der Waals surface area (Å²) in [7, 11) is 0. The molecule has 0 amide bonds. The third-order valence-corrected chi connectivity index (χ3v) is 3.48. The van der Waals surface area contributed by atoms with Crippen LogP contribution < -0.4 is 0 Å². The fourth-order valence-corrected chi connectivity index (χ4v) is 2.85. The monoisotopic (exact) mass is 181 g/mol. The van der Waals surface area contributed by atoms with Crippen LogP contribution in [0, 0.1) is 23.7 Å². The maximum absolute atomic E-state index is 5.52. The van der Waals surface area contributed by atoms with Crippen LogP contribution in [0.1, 0.15) is 34.1 Å². The van der Waals surface area contributed by atoms with E-state index in [4.69, 9.17) is 4.84 Å². The molecule has 74 valence electrons. The Balaban J connectivity index is 2.19. The van der Waals surface area contributed by atoms with Gasteiger partial charge in [0.1, 0.15) is 6.10 Å². The summed E-state index contributed by atoms with van der Waals surface area (Å²) in [4.78, 5) is 5.52. The predicted molar refractivity (Wildman–Crippen MR) is 53.6 cm³/mol. The van der Waals surface area contributed by atoms with Gasteiger partial charge >= 0.3 is 0 Å². The molecule has 2 aliphatic rings. The van der Waals surface area contributed by atoms with E-state index in [0.29, 0.717) is 23.9 Å². The van der Waals surface area contributed by atoms with Crippen LogP contribution in [0.4, 0.5) is 0 Å². The molecule has 0 saturated heterocycles. The van der Waals surface area contributed by atoms with Gasteiger partial charge in [-0.15, -0.1) is 0 Å². The molecule has 0 bridgehead atoms. The molecule has 2 nitrogen and oxygen atoms in total. The molecular formula is C11H19NO. The highest BCUT2D eigenvalue weighted by atomic mass is 16.6. The van der Waals surface area contributed by atoms with E-state index in [-0.39, 0.29) is 0 Å². The zero-order valence-electron chi connectivity index (χ0n) is 8.95. The Morgan fingerprint density at radius 3 is 2.62 bits per heavy atom. The molecule has 1 aliphatic carbocycles. The summed E-state index contributed by atoms with van der Waals surface area (Å²) in [6.07, 6.45) is 1.67. The van der Waals surface area contributed by atoms with E-state index in [1.807, 2.05) is 0 Å². The first-order chi connectivity index (χ1) is 6.11. The Labute approximate surface area is 80.3 Å². The summed E-state index contributed by atoms with van der Waals surface area (Å²) in [6.45, 7) is 9.02. The Hall–Kier alpha value is -0.530. The third kappa shape index (κ3) is 1.27. The summed E-state index contributed by atoms with van der Waals surface area (Å²) in [5.74, 6) is 2.58. The fourth-order valence-electron chi connectivity index (χ4n) is 2.85. The molecule has 0 radical (unpaired) electrons. The maximum atomic E-state index is 5.52. The Morgan fingerprint density at radius 1 is 1.31 bits per heavy atom. The second kappa shape index (κ2) is 3.00. The van der Waals surface area contributed by atoms with E-state index >= 15 is 0 Å². The zero-order chi connectivity index (χ0) is 9.59. The molecule has 1 fully saturated rings. The second-order valence-electron chi connectivity index (χ2n) is 4.96. The molecule has 13 heavy (non-hydrogen) atoms. The number of oxime groups is 1. The molecule has 0 N–H and O–H groups in total. The highest BCUT2D eigenvalue weighted by Crippen LogP contribution is 2.43. The van der Waals surface area contributed by atoms with Gasteiger partial charge in [0.25, 0.3) is 0 Å². The lowest BCUT2D eigenvalue weighted by atomic mass is 9.86. The summed E-state index contributed by atoms with van der Waals surface area (Å²) in [6, 6.07) is 0. The van der Waals surface area contributed by atoms with E-state index < -0.39 is 0 Å². The van der Waals surface area contributed by atoms with Crippen molar-refractivity contribution in [3.05, 3.63) is 0 Å². The highest BCUT2D eigenvalue weighted by Gasteiger charge is 2.47. The van der Waals surface area contributed by atoms with Crippen LogP contribution in [0.5, 0.6) is 0 Å². The van der Waals surface area contributed by atoms with Crippen molar-refractivity contribution in [1.82, 2.24) is 0 Å². The molecule has 4 unspecified atom stereocenters. The smallest absolute Gasteiger partial charge is 0.138 e. The molecule has 0 spiro atoms. The second-order valence-corrected chi connectivity index (χ2v) is 4.96. The van der Waals surface area contributed by atoms with Crippen LogP contribution in [-0.2, 0) is 4.84 Å². The molecule has 2 heteroatoms. The number of nitrogens with zero attached hydrogens (tertiary/aromatic N) is 1. The minimum Gasteiger partial charge on any atom is -0.392 e. The highest BCUT2D eigenvalue weighted by molar-refractivity contribution is 5.90. The Morgan fingerprint density at radius 2 is 2.00 bits per heavy atom. The van der Waals surface area contributed by atoms with Crippen molar-refractivity contribution >= 4 is 5.71 Å². The topological polar surface area (TPSA) is 21.6 Å². The van der Waals surface area contributed by atoms with Gasteiger partial charge in [-0.05, 0) is 24.2 Å². The normalized spacial score (nSPS) is 43.3. The lowest BCUT2D eigenvalue weighted by Gasteiger charge is -2.16. The summed E-state index contributed by atoms with van der Waals surface area (Å²) in [5.41, 5.74) is 1.29. The van der Waals surface area contributed by atoms with Crippen molar-refractivity contribution in [3.63, 3.8) is 0 Å². The van der Waals surface area contributed by atoms with Crippen molar-refractivity contribution < 1.29 is 4.84 Å². The molecular weight excluding hydrogens is 162 g/mol. The van der Waals surface area contributed by atoms with Crippen molar-refractivity contribution in [2.75, 3.05) is 0 Å². The lowest BCUT2D eigenvalue weighted by molar-refractivity contribution is 0.0448. The average molecular weight is 181 g/mol. The molecule has 1 saturated carbocycles. The molecule has 0 aromatic rings. The molecule has 1 heterocycles. The van der Waals surface area contributed by atoms with E-state index in [1.165, 1.54) is 12.1 Å². The number of hydrogen-bond acceptors (Lipinski definition) is 2. The zero-order valence-corrected chi connectivity index (χ0v) is 8.95. The van der Waals surface area contributed by atoms with Crippen LogP contribution in [0.2, 0.25) is 0 Å². The Kier molecular flexibility index (Phi) is 2.09. The van der Waals surface area contributed by atoms with Gasteiger partial charge in [-0.3, -0.25) is 0 Å². The average Bonchev–Trinajstić information content (AvgIpc) is 2.55. The van der Waals surface area contributed by atoms with E-state index in [0.717, 1.165) is 5.92 Å². The van der Waals surface area contributed by atoms with Gasteiger partial charge < -0.3 is 4.84 Å². The molecule has 0 aromatic heterocycles. The lowest BCUT2D eigenvalue weighted by Crippen LogP contribution is -2.26. The quantitative estimate of drug-likeness (QED) is 0.609. The predicted octanol–water partition coefficient (Wildman–Crippen LogP) is 2.69. The van der Waals surface area contributed by atoms with E-state index in [9.17, 15) is 0 Å². The van der Waals surface area contributed by atoms with Gasteiger partial charge in [-0.2, -0.15) is 0 Å². The van der Waals surface area contributed by atoms with Gasteiger partial charge in [0.05, 0.1) is 5.71 Å². The Bertz CT molecular complexity index is 234. The van der Waals surface area contributed by atoms with Crippen molar-refractivity contribution in [2.24, 2.45) is 28.8 Å². The van der Waals surface area contributed by atoms with Crippen molar-refractivity contribution in [2.45, 2.75) is 40.2 Å². The van der Waals surface area contributed by atoms with E-state index in [2.05, 4.69) is 32.9 Å². The van der Waals surface area contributed by atoms with Gasteiger partial charge in [-0.1, -0.05) is 32.9 Å². The van der Waals surface area contributed by atoms with Gasteiger partial charge in [0.15, 0.2) is 0 Å². The minimum atomic E-state index is 0.382. The third-order valence-electron chi connectivity index (χ3n) is 3.48. The number of hydrogen-bond donors (Lipinski definition) is 0. The van der Waals surface area contributed by atoms with E-state index in [1.54, 1.807) is 0 Å².